The lowest BCUT2D eigenvalue weighted by Gasteiger charge is -2.01. The van der Waals surface area contributed by atoms with Crippen LogP contribution in [0.1, 0.15) is 29.4 Å². The first-order valence-corrected chi connectivity index (χ1v) is 6.64. The van der Waals surface area contributed by atoms with Gasteiger partial charge in [0.1, 0.15) is 0 Å². The van der Waals surface area contributed by atoms with E-state index in [1.807, 2.05) is 35.4 Å². The van der Waals surface area contributed by atoms with Crippen molar-refractivity contribution in [3.05, 3.63) is 42.0 Å². The molecule has 0 aliphatic rings. The van der Waals surface area contributed by atoms with E-state index in [2.05, 4.69) is 38.1 Å². The zero-order chi connectivity index (χ0) is 12.1. The van der Waals surface area contributed by atoms with E-state index in [1.54, 1.807) is 0 Å². The summed E-state index contributed by atoms with van der Waals surface area (Å²) < 4.78 is 1.89. The van der Waals surface area contributed by atoms with E-state index in [4.69, 9.17) is 0 Å². The smallest absolute Gasteiger partial charge is 0.0963 e. The van der Waals surface area contributed by atoms with Crippen LogP contribution in [0.2, 0.25) is 0 Å². The Balaban J connectivity index is 1.94. The zero-order valence-corrected chi connectivity index (χ0v) is 11.3. The molecule has 2 aromatic heterocycles. The van der Waals surface area contributed by atoms with Crippen molar-refractivity contribution in [2.45, 2.75) is 31.1 Å². The number of hydrogen-bond donors (Lipinski definition) is 0. The lowest BCUT2D eigenvalue weighted by molar-refractivity contribution is 0.589. The van der Waals surface area contributed by atoms with Crippen LogP contribution in [-0.4, -0.2) is 20.0 Å². The van der Waals surface area contributed by atoms with Gasteiger partial charge in [-0.25, -0.2) is 0 Å². The summed E-state index contributed by atoms with van der Waals surface area (Å²) in [5.41, 5.74) is 2.27. The number of pyridine rings is 1. The van der Waals surface area contributed by atoms with Crippen molar-refractivity contribution in [1.82, 2.24) is 20.0 Å². The predicted octanol–water partition coefficient (Wildman–Crippen LogP) is 2.76. The molecule has 0 N–H and O–H groups in total. The number of aromatic nitrogens is 4. The molecule has 0 amide bonds. The molecule has 0 saturated carbocycles. The van der Waals surface area contributed by atoms with Crippen LogP contribution in [0, 0.1) is 0 Å². The molecule has 0 fully saturated rings. The van der Waals surface area contributed by atoms with E-state index >= 15 is 0 Å². The highest BCUT2D eigenvalue weighted by molar-refractivity contribution is 9.09. The minimum absolute atomic E-state index is 0.303. The summed E-state index contributed by atoms with van der Waals surface area (Å²) in [6, 6.07) is 4.05. The highest BCUT2D eigenvalue weighted by atomic mass is 79.9. The lowest BCUT2D eigenvalue weighted by atomic mass is 10.2. The third kappa shape index (κ3) is 3.36. The van der Waals surface area contributed by atoms with Gasteiger partial charge in [-0.05, 0) is 30.5 Å². The van der Waals surface area contributed by atoms with Crippen molar-refractivity contribution >= 4 is 15.9 Å². The van der Waals surface area contributed by atoms with E-state index in [1.165, 1.54) is 5.56 Å². The third-order valence-corrected chi connectivity index (χ3v) is 3.73. The normalized spacial score (nSPS) is 12.6. The number of rotatable bonds is 5. The summed E-state index contributed by atoms with van der Waals surface area (Å²) >= 11 is 3.57. The van der Waals surface area contributed by atoms with Crippen molar-refractivity contribution < 1.29 is 0 Å². The van der Waals surface area contributed by atoms with E-state index in [-0.39, 0.29) is 0 Å². The van der Waals surface area contributed by atoms with Gasteiger partial charge in [-0.2, -0.15) is 0 Å². The quantitative estimate of drug-likeness (QED) is 0.797. The minimum Gasteiger partial charge on any atom is -0.265 e. The highest BCUT2D eigenvalue weighted by Gasteiger charge is 2.09. The van der Waals surface area contributed by atoms with Crippen molar-refractivity contribution in [1.29, 1.82) is 0 Å². The number of halogens is 1. The fourth-order valence-electron chi connectivity index (χ4n) is 1.57. The standard InChI is InChI=1S/C12H15BrN4/c1-2-11(13)12-9-17(16-15-12)8-5-10-3-6-14-7-4-10/h3-4,6-7,9,11H,2,5,8H2,1H3. The molecule has 0 bridgehead atoms. The molecule has 1 unspecified atom stereocenters. The average molecular weight is 295 g/mol. The first kappa shape index (κ1) is 12.2. The maximum Gasteiger partial charge on any atom is 0.0963 e. The molecule has 0 aromatic carbocycles. The van der Waals surface area contributed by atoms with Crippen LogP contribution in [0.25, 0.3) is 0 Å². The van der Waals surface area contributed by atoms with Crippen LogP contribution >= 0.6 is 15.9 Å². The van der Waals surface area contributed by atoms with Crippen LogP contribution in [0.5, 0.6) is 0 Å². The molecule has 90 valence electrons. The molecule has 0 aliphatic carbocycles. The van der Waals surface area contributed by atoms with E-state index in [9.17, 15) is 0 Å². The molecule has 2 aromatic rings. The van der Waals surface area contributed by atoms with Crippen LogP contribution in [0.15, 0.2) is 30.7 Å². The average Bonchev–Trinajstić information content (AvgIpc) is 2.85. The van der Waals surface area contributed by atoms with Crippen LogP contribution in [0.3, 0.4) is 0 Å². The van der Waals surface area contributed by atoms with Gasteiger partial charge in [0.25, 0.3) is 0 Å². The summed E-state index contributed by atoms with van der Waals surface area (Å²) in [5, 5.41) is 8.27. The summed E-state index contributed by atoms with van der Waals surface area (Å²) in [5.74, 6) is 0. The van der Waals surface area contributed by atoms with Gasteiger partial charge in [0, 0.05) is 25.1 Å². The summed E-state index contributed by atoms with van der Waals surface area (Å²) in [4.78, 5) is 4.30. The van der Waals surface area contributed by atoms with Gasteiger partial charge in [-0.15, -0.1) is 5.10 Å². The van der Waals surface area contributed by atoms with Crippen molar-refractivity contribution in [2.75, 3.05) is 0 Å². The fraction of sp³-hybridized carbons (Fsp3) is 0.417. The Morgan fingerprint density at radius 1 is 1.35 bits per heavy atom. The van der Waals surface area contributed by atoms with Crippen molar-refractivity contribution in [3.63, 3.8) is 0 Å². The molecule has 0 aliphatic heterocycles. The number of aryl methyl sites for hydroxylation is 2. The molecule has 17 heavy (non-hydrogen) atoms. The Kier molecular flexibility index (Phi) is 4.25. The van der Waals surface area contributed by atoms with Gasteiger partial charge < -0.3 is 0 Å². The summed E-state index contributed by atoms with van der Waals surface area (Å²) in [6.07, 6.45) is 7.60. The van der Waals surface area contributed by atoms with Gasteiger partial charge in [-0.1, -0.05) is 28.1 Å². The largest absolute Gasteiger partial charge is 0.265 e. The lowest BCUT2D eigenvalue weighted by Crippen LogP contribution is -2.02. The van der Waals surface area contributed by atoms with E-state index < -0.39 is 0 Å². The molecule has 0 radical (unpaired) electrons. The Labute approximate surface area is 109 Å². The fourth-order valence-corrected chi connectivity index (χ4v) is 1.78. The second-order valence-corrected chi connectivity index (χ2v) is 4.99. The van der Waals surface area contributed by atoms with Crippen LogP contribution < -0.4 is 0 Å². The maximum absolute atomic E-state index is 4.15. The third-order valence-electron chi connectivity index (χ3n) is 2.61. The zero-order valence-electron chi connectivity index (χ0n) is 9.75. The number of nitrogens with zero attached hydrogens (tertiary/aromatic N) is 4. The maximum atomic E-state index is 4.15. The molecule has 5 heteroatoms. The molecular weight excluding hydrogens is 280 g/mol. The topological polar surface area (TPSA) is 43.6 Å². The molecule has 0 saturated heterocycles. The monoisotopic (exact) mass is 294 g/mol. The van der Waals surface area contributed by atoms with Crippen LogP contribution in [0.4, 0.5) is 0 Å². The Bertz CT molecular complexity index is 455. The predicted molar refractivity (Wildman–Crippen MR) is 69.9 cm³/mol. The second kappa shape index (κ2) is 5.91. The van der Waals surface area contributed by atoms with Gasteiger partial charge >= 0.3 is 0 Å². The highest BCUT2D eigenvalue weighted by Crippen LogP contribution is 2.23. The molecule has 2 rings (SSSR count). The summed E-state index contributed by atoms with van der Waals surface area (Å²) in [7, 11) is 0. The number of alkyl halides is 1. The van der Waals surface area contributed by atoms with Gasteiger partial charge in [0.2, 0.25) is 0 Å². The Hall–Kier alpha value is -1.23. The Morgan fingerprint density at radius 3 is 2.82 bits per heavy atom. The number of hydrogen-bond acceptors (Lipinski definition) is 3. The SMILES string of the molecule is CCC(Br)c1cn(CCc2ccncc2)nn1. The molecule has 4 nitrogen and oxygen atoms in total. The first-order chi connectivity index (χ1) is 8.29. The Morgan fingerprint density at radius 2 is 2.12 bits per heavy atom. The van der Waals surface area contributed by atoms with Gasteiger partial charge in [0.15, 0.2) is 0 Å². The molecule has 0 spiro atoms. The minimum atomic E-state index is 0.303. The molecular formula is C12H15BrN4. The summed E-state index contributed by atoms with van der Waals surface area (Å²) in [6.45, 7) is 2.97. The molecule has 1 atom stereocenters. The second-order valence-electron chi connectivity index (χ2n) is 3.89. The first-order valence-electron chi connectivity index (χ1n) is 5.72. The van der Waals surface area contributed by atoms with Gasteiger partial charge in [0.05, 0.1) is 10.5 Å². The van der Waals surface area contributed by atoms with E-state index in [0.717, 1.165) is 25.1 Å². The van der Waals surface area contributed by atoms with Crippen molar-refractivity contribution in [2.24, 2.45) is 0 Å². The molecule has 2 heterocycles. The van der Waals surface area contributed by atoms with Crippen LogP contribution in [-0.2, 0) is 13.0 Å². The van der Waals surface area contributed by atoms with E-state index in [0.29, 0.717) is 4.83 Å². The van der Waals surface area contributed by atoms with Crippen molar-refractivity contribution in [3.8, 4) is 0 Å². The van der Waals surface area contributed by atoms with Gasteiger partial charge in [-0.3, -0.25) is 9.67 Å².